The zero-order valence-corrected chi connectivity index (χ0v) is 13.6. The van der Waals surface area contributed by atoms with E-state index in [1.807, 2.05) is 24.9 Å². The molecular weight excluding hydrogens is 313 g/mol. The Balaban J connectivity index is 2.38. The fraction of sp³-hybridized carbons (Fsp3) is 0.429. The minimum Gasteiger partial charge on any atom is -0.355 e. The molecule has 2 amide bonds. The fourth-order valence-electron chi connectivity index (χ4n) is 1.75. The summed E-state index contributed by atoms with van der Waals surface area (Å²) >= 11 is 11.8. The number of likely N-dealkylation sites (N-methyl/N-ethyl adjacent to an activating group) is 2. The molecule has 21 heavy (non-hydrogen) atoms. The molecule has 0 saturated carbocycles. The highest BCUT2D eigenvalue weighted by Crippen LogP contribution is 2.22. The molecule has 0 aromatic heterocycles. The van der Waals surface area contributed by atoms with Crippen LogP contribution in [0.3, 0.4) is 0 Å². The molecule has 1 aromatic rings. The Hall–Kier alpha value is -1.30. The molecule has 5 nitrogen and oxygen atoms in total. The largest absolute Gasteiger partial charge is 0.355 e. The molecule has 0 heterocycles. The van der Waals surface area contributed by atoms with Gasteiger partial charge in [0, 0.05) is 13.1 Å². The minimum atomic E-state index is -0.205. The van der Waals surface area contributed by atoms with Gasteiger partial charge in [-0.1, -0.05) is 29.3 Å². The Morgan fingerprint density at radius 3 is 2.48 bits per heavy atom. The molecule has 0 radical (unpaired) electrons. The lowest BCUT2D eigenvalue weighted by atomic mass is 10.2. The standard InChI is InChI=1S/C14H19Cl2N3O2/c1-3-17-13(20)7-18-14(21)9-19(2)8-10-4-5-11(15)12(16)6-10/h4-6H,3,7-9H2,1-2H3,(H,17,20)(H,18,21). The monoisotopic (exact) mass is 331 g/mol. The Morgan fingerprint density at radius 2 is 1.86 bits per heavy atom. The van der Waals surface area contributed by atoms with E-state index in [0.29, 0.717) is 23.1 Å². The van der Waals surface area contributed by atoms with Crippen molar-refractivity contribution < 1.29 is 9.59 Å². The van der Waals surface area contributed by atoms with Gasteiger partial charge in [0.2, 0.25) is 11.8 Å². The molecule has 0 spiro atoms. The highest BCUT2D eigenvalue weighted by atomic mass is 35.5. The number of amides is 2. The quantitative estimate of drug-likeness (QED) is 0.799. The van der Waals surface area contributed by atoms with E-state index in [-0.39, 0.29) is 24.9 Å². The zero-order valence-electron chi connectivity index (χ0n) is 12.1. The molecule has 7 heteroatoms. The summed E-state index contributed by atoms with van der Waals surface area (Å²) in [5.41, 5.74) is 0.962. The first-order valence-electron chi connectivity index (χ1n) is 6.58. The Bertz CT molecular complexity index is 509. The van der Waals surface area contributed by atoms with Gasteiger partial charge in [0.05, 0.1) is 23.1 Å². The number of nitrogens with zero attached hydrogens (tertiary/aromatic N) is 1. The zero-order chi connectivity index (χ0) is 15.8. The molecule has 116 valence electrons. The van der Waals surface area contributed by atoms with Crippen molar-refractivity contribution in [2.24, 2.45) is 0 Å². The predicted octanol–water partition coefficient (Wildman–Crippen LogP) is 1.68. The van der Waals surface area contributed by atoms with E-state index >= 15 is 0 Å². The van der Waals surface area contributed by atoms with Gasteiger partial charge in [0.15, 0.2) is 0 Å². The van der Waals surface area contributed by atoms with Crippen LogP contribution in [0, 0.1) is 0 Å². The maximum absolute atomic E-state index is 11.7. The van der Waals surface area contributed by atoms with Crippen LogP contribution in [0.2, 0.25) is 10.0 Å². The molecule has 0 aliphatic heterocycles. The van der Waals surface area contributed by atoms with Gasteiger partial charge in [-0.25, -0.2) is 0 Å². The van der Waals surface area contributed by atoms with Crippen LogP contribution >= 0.6 is 23.2 Å². The van der Waals surface area contributed by atoms with Crippen molar-refractivity contribution in [2.75, 3.05) is 26.7 Å². The molecule has 1 rings (SSSR count). The number of rotatable bonds is 7. The third-order valence-electron chi connectivity index (χ3n) is 2.67. The first-order chi connectivity index (χ1) is 9.92. The highest BCUT2D eigenvalue weighted by Gasteiger charge is 2.09. The van der Waals surface area contributed by atoms with Gasteiger partial charge in [0.1, 0.15) is 0 Å². The van der Waals surface area contributed by atoms with Crippen LogP contribution < -0.4 is 10.6 Å². The van der Waals surface area contributed by atoms with Crippen molar-refractivity contribution in [3.63, 3.8) is 0 Å². The van der Waals surface area contributed by atoms with E-state index < -0.39 is 0 Å². The van der Waals surface area contributed by atoms with E-state index in [0.717, 1.165) is 5.56 Å². The maximum Gasteiger partial charge on any atom is 0.239 e. The van der Waals surface area contributed by atoms with Gasteiger partial charge in [-0.2, -0.15) is 0 Å². The van der Waals surface area contributed by atoms with Crippen molar-refractivity contribution in [3.05, 3.63) is 33.8 Å². The Labute approximate surface area is 134 Å². The first kappa shape index (κ1) is 17.8. The van der Waals surface area contributed by atoms with Crippen molar-refractivity contribution >= 4 is 35.0 Å². The lowest BCUT2D eigenvalue weighted by molar-refractivity contribution is -0.126. The van der Waals surface area contributed by atoms with Crippen molar-refractivity contribution in [1.29, 1.82) is 0 Å². The summed E-state index contributed by atoms with van der Waals surface area (Å²) in [6, 6.07) is 5.35. The van der Waals surface area contributed by atoms with Crippen LogP contribution in [0.25, 0.3) is 0 Å². The van der Waals surface area contributed by atoms with Crippen LogP contribution in [0.4, 0.5) is 0 Å². The number of hydrogen-bond acceptors (Lipinski definition) is 3. The van der Waals surface area contributed by atoms with Crippen LogP contribution in [0.5, 0.6) is 0 Å². The van der Waals surface area contributed by atoms with Crippen molar-refractivity contribution in [1.82, 2.24) is 15.5 Å². The average molecular weight is 332 g/mol. The molecule has 0 aliphatic rings. The van der Waals surface area contributed by atoms with Gasteiger partial charge in [-0.15, -0.1) is 0 Å². The Morgan fingerprint density at radius 1 is 1.14 bits per heavy atom. The van der Waals surface area contributed by atoms with Gasteiger partial charge >= 0.3 is 0 Å². The molecule has 0 unspecified atom stereocenters. The predicted molar refractivity (Wildman–Crippen MR) is 84.5 cm³/mol. The molecule has 0 fully saturated rings. The number of carbonyl (C=O) groups excluding carboxylic acids is 2. The molecule has 0 aliphatic carbocycles. The molecule has 0 saturated heterocycles. The average Bonchev–Trinajstić information content (AvgIpc) is 2.41. The molecular formula is C14H19Cl2N3O2. The Kier molecular flexibility index (Phi) is 7.50. The molecule has 2 N–H and O–H groups in total. The lowest BCUT2D eigenvalue weighted by Gasteiger charge is -2.16. The van der Waals surface area contributed by atoms with E-state index in [9.17, 15) is 9.59 Å². The molecule has 0 bridgehead atoms. The first-order valence-corrected chi connectivity index (χ1v) is 7.33. The summed E-state index contributed by atoms with van der Waals surface area (Å²) in [4.78, 5) is 24.7. The molecule has 1 aromatic carbocycles. The number of halogens is 2. The SMILES string of the molecule is CCNC(=O)CNC(=O)CN(C)Cc1ccc(Cl)c(Cl)c1. The summed E-state index contributed by atoms with van der Waals surface area (Å²) in [7, 11) is 1.81. The summed E-state index contributed by atoms with van der Waals surface area (Å²) < 4.78 is 0. The normalized spacial score (nSPS) is 10.5. The summed E-state index contributed by atoms with van der Waals surface area (Å²) in [5.74, 6) is -0.401. The molecule has 0 atom stereocenters. The minimum absolute atomic E-state index is 0.00666. The smallest absolute Gasteiger partial charge is 0.239 e. The van der Waals surface area contributed by atoms with E-state index in [4.69, 9.17) is 23.2 Å². The van der Waals surface area contributed by atoms with Gasteiger partial charge in [-0.3, -0.25) is 14.5 Å². The number of nitrogens with one attached hydrogen (secondary N) is 2. The third-order valence-corrected chi connectivity index (χ3v) is 3.41. The van der Waals surface area contributed by atoms with Crippen molar-refractivity contribution in [3.8, 4) is 0 Å². The number of carbonyl (C=O) groups is 2. The fourth-order valence-corrected chi connectivity index (χ4v) is 2.07. The second kappa shape index (κ2) is 8.87. The van der Waals surface area contributed by atoms with Crippen LogP contribution in [0.1, 0.15) is 12.5 Å². The second-order valence-electron chi connectivity index (χ2n) is 4.65. The third kappa shape index (κ3) is 6.80. The van der Waals surface area contributed by atoms with Crippen LogP contribution in [-0.4, -0.2) is 43.4 Å². The summed E-state index contributed by atoms with van der Waals surface area (Å²) in [6.45, 7) is 3.12. The van der Waals surface area contributed by atoms with Gasteiger partial charge < -0.3 is 10.6 Å². The van der Waals surface area contributed by atoms with E-state index in [2.05, 4.69) is 10.6 Å². The maximum atomic E-state index is 11.7. The summed E-state index contributed by atoms with van der Waals surface area (Å²) in [6.07, 6.45) is 0. The highest BCUT2D eigenvalue weighted by molar-refractivity contribution is 6.42. The lowest BCUT2D eigenvalue weighted by Crippen LogP contribution is -2.41. The topological polar surface area (TPSA) is 61.4 Å². The van der Waals surface area contributed by atoms with Crippen molar-refractivity contribution in [2.45, 2.75) is 13.5 Å². The number of hydrogen-bond donors (Lipinski definition) is 2. The summed E-state index contributed by atoms with van der Waals surface area (Å²) in [5, 5.41) is 6.17. The second-order valence-corrected chi connectivity index (χ2v) is 5.47. The van der Waals surface area contributed by atoms with Crippen LogP contribution in [0.15, 0.2) is 18.2 Å². The number of benzene rings is 1. The van der Waals surface area contributed by atoms with Crippen LogP contribution in [-0.2, 0) is 16.1 Å². The van der Waals surface area contributed by atoms with Gasteiger partial charge in [-0.05, 0) is 31.7 Å². The van der Waals surface area contributed by atoms with Gasteiger partial charge in [0.25, 0.3) is 0 Å². The van der Waals surface area contributed by atoms with E-state index in [1.54, 1.807) is 12.1 Å². The van der Waals surface area contributed by atoms with E-state index in [1.165, 1.54) is 0 Å².